The number of halogens is 9. The monoisotopic (exact) mass is 1880 g/mol. The first-order valence-electron chi connectivity index (χ1n) is 33.5. The Morgan fingerprint density at radius 3 is 1.48 bits per heavy atom. The summed E-state index contributed by atoms with van der Waals surface area (Å²) in [6, 6.07) is 42.5. The zero-order valence-electron chi connectivity index (χ0n) is 62.0. The van der Waals surface area contributed by atoms with E-state index in [9.17, 15) is 57.5 Å². The maximum Gasteiger partial charge on any atom is 0.341 e. The number of aromatic nitrogens is 4. The minimum Gasteiger partial charge on any atom is -0.469 e. The van der Waals surface area contributed by atoms with Crippen molar-refractivity contribution in [3.63, 3.8) is 0 Å². The standard InChI is InChI=1S/C16H13ClN2O3S.C12H10Cl2O3.C12H7ClN2OS.C12H10ClNO2S.C12H11ClO3S.C7H5ClO.C5H7ClO3.C4H7BrO2/c1-2-22-13(20)7-19-9-18-12-8-23-15(14(12)16(19)21)10-3-5-11(17)6-4-10;1-17-12(16)10(11(15)7-13)6-8-2-4-9(14)5-3-8;13-8-3-1-7(2-4-8)11-10-9(5-17-11)14-6-15-12(10)16;2*1-16-12(15)10-9(14)6-17-11(10)7-2-4-8(13)5-3-7;8-7-3-1-6(5-9)2-4-7;1-9-5(8)2-4(7)3-6;1-2-7-4(6)3-5/h3-6,8-9H,2,7H2,1H3;2-6H,7H2,1H3;1-6H,(H,14,15,16);2-6H,14H2,1H3;2-5,10-11H,6H2,1H3;1-5H;2-3H2,1H3;2-3H2,1H3/b;10-6+;;;;;;. The summed E-state index contributed by atoms with van der Waals surface area (Å²) >= 11 is 53.9. The minimum atomic E-state index is -0.703. The number of ether oxygens (including phenoxy) is 6. The summed E-state index contributed by atoms with van der Waals surface area (Å²) in [4.78, 5) is 148. The van der Waals surface area contributed by atoms with E-state index in [1.165, 1.54) is 97.5 Å². The molecule has 2 atom stereocenters. The first kappa shape index (κ1) is 97.5. The maximum absolute atomic E-state index is 12.7. The van der Waals surface area contributed by atoms with Crippen LogP contribution in [0, 0.1) is 5.92 Å². The summed E-state index contributed by atoms with van der Waals surface area (Å²) in [6.07, 6.45) is 4.78. The third-order valence-corrected chi connectivity index (χ3v) is 21.9. The van der Waals surface area contributed by atoms with Gasteiger partial charge in [0.25, 0.3) is 11.1 Å². The number of hydrogen-bond acceptors (Lipinski definition) is 25. The van der Waals surface area contributed by atoms with Crippen LogP contribution in [0.25, 0.3) is 59.2 Å². The number of methoxy groups -OCH3 is 4. The first-order valence-corrected chi connectivity index (χ1v) is 41.7. The summed E-state index contributed by atoms with van der Waals surface area (Å²) in [6.45, 7) is 4.09. The number of ketones is 3. The third kappa shape index (κ3) is 30.7. The SMILES string of the molecule is CCOC(=O)CBr.CCOC(=O)Cn1cnc2csc(-c3ccc(Cl)cc3)c2c1=O.COC(=O)/C(=C/c1ccc(Cl)cc1)C(=O)CCl.COC(=O)C1C(=O)CSC1c1ccc(Cl)cc1.COC(=O)CC(=O)CCl.COC(=O)c1c(N)csc1-c1ccc(Cl)cc1.O=Cc1ccc(Cl)cc1.O=c1[nH]cnc2csc(-c3ccc(Cl)cc3)c12. The van der Waals surface area contributed by atoms with E-state index >= 15 is 0 Å². The summed E-state index contributed by atoms with van der Waals surface area (Å²) < 4.78 is 28.8. The smallest absolute Gasteiger partial charge is 0.341 e. The number of benzene rings is 6. The second kappa shape index (κ2) is 51.2. The first-order chi connectivity index (χ1) is 55.5. The molecular formula is C80H70BrCl8N5O18S4. The number of anilines is 1. The molecule has 3 N–H and O–H groups in total. The lowest BCUT2D eigenvalue weighted by molar-refractivity contribution is -0.149. The summed E-state index contributed by atoms with van der Waals surface area (Å²) in [7, 11) is 5.08. The van der Waals surface area contributed by atoms with E-state index in [0.717, 1.165) is 48.7 Å². The van der Waals surface area contributed by atoms with Gasteiger partial charge in [-0.05, 0) is 121 Å². The number of rotatable bonds is 19. The van der Waals surface area contributed by atoms with Gasteiger partial charge in [0.05, 0.1) is 109 Å². The van der Waals surface area contributed by atoms with E-state index in [-0.39, 0.29) is 70.8 Å². The topological polar surface area (TPSA) is 333 Å². The number of aromatic amines is 1. The molecular weight excluding hydrogens is 1810 g/mol. The fourth-order valence-electron chi connectivity index (χ4n) is 9.49. The molecule has 6 aromatic carbocycles. The van der Waals surface area contributed by atoms with Gasteiger partial charge in [-0.25, -0.2) is 19.6 Å². The summed E-state index contributed by atoms with van der Waals surface area (Å²) in [5.74, 6) is -4.39. The molecule has 5 aromatic heterocycles. The highest BCUT2D eigenvalue weighted by molar-refractivity contribution is 9.09. The number of carbonyl (C=O) groups excluding carboxylic acids is 10. The van der Waals surface area contributed by atoms with E-state index in [1.54, 1.807) is 104 Å². The van der Waals surface area contributed by atoms with Crippen molar-refractivity contribution in [2.45, 2.75) is 32.1 Å². The highest BCUT2D eigenvalue weighted by Crippen LogP contribution is 2.44. The number of thiophene rings is 3. The highest BCUT2D eigenvalue weighted by Gasteiger charge is 2.42. The molecule has 23 nitrogen and oxygen atoms in total. The molecule has 1 saturated heterocycles. The van der Waals surface area contributed by atoms with Crippen LogP contribution < -0.4 is 16.9 Å². The molecule has 0 radical (unpaired) electrons. The van der Waals surface area contributed by atoms with Crippen molar-refractivity contribution in [1.82, 2.24) is 19.5 Å². The van der Waals surface area contributed by atoms with Gasteiger partial charge in [0.15, 0.2) is 17.3 Å². The number of H-pyrrole nitrogens is 1. The number of nitrogens with two attached hydrogens (primary N) is 1. The lowest BCUT2D eigenvalue weighted by Crippen LogP contribution is -2.25. The Hall–Kier alpha value is -9.11. The molecule has 0 spiro atoms. The predicted molar refractivity (Wildman–Crippen MR) is 466 cm³/mol. The van der Waals surface area contributed by atoms with E-state index < -0.39 is 41.5 Å². The number of alkyl halides is 3. The molecule has 2 unspecified atom stereocenters. The predicted octanol–water partition coefficient (Wildman–Crippen LogP) is 18.7. The zero-order chi connectivity index (χ0) is 85.6. The second-order valence-electron chi connectivity index (χ2n) is 22.7. The van der Waals surface area contributed by atoms with E-state index in [1.807, 2.05) is 71.4 Å². The van der Waals surface area contributed by atoms with Crippen molar-refractivity contribution in [1.29, 1.82) is 0 Å². The Labute approximate surface area is 729 Å². The minimum absolute atomic E-state index is 0.0678. The van der Waals surface area contributed by atoms with Gasteiger partial charge in [-0.2, -0.15) is 0 Å². The average molecular weight is 1880 g/mol. The Morgan fingerprint density at radius 2 is 1.03 bits per heavy atom. The van der Waals surface area contributed by atoms with E-state index in [0.29, 0.717) is 86.5 Å². The fourth-order valence-corrected chi connectivity index (χ4v) is 14.9. The van der Waals surface area contributed by atoms with E-state index in [4.69, 9.17) is 108 Å². The molecule has 116 heavy (non-hydrogen) atoms. The van der Waals surface area contributed by atoms with Crippen molar-refractivity contribution < 1.29 is 76.4 Å². The molecule has 1 aliphatic rings. The van der Waals surface area contributed by atoms with Crippen molar-refractivity contribution in [2.75, 3.05) is 70.2 Å². The molecule has 1 fully saturated rings. The van der Waals surface area contributed by atoms with Crippen LogP contribution in [0.1, 0.15) is 57.4 Å². The third-order valence-electron chi connectivity index (χ3n) is 15.0. The van der Waals surface area contributed by atoms with Crippen LogP contribution in [-0.4, -0.2) is 143 Å². The molecule has 6 heterocycles. The largest absolute Gasteiger partial charge is 0.469 e. The number of nitrogen functional groups attached to an aromatic ring is 1. The van der Waals surface area contributed by atoms with Crippen molar-refractivity contribution in [3.8, 4) is 31.3 Å². The second-order valence-corrected chi connectivity index (χ2v) is 30.2. The number of aldehydes is 1. The Morgan fingerprint density at radius 1 is 0.569 bits per heavy atom. The lowest BCUT2D eigenvalue weighted by atomic mass is 9.96. The quantitative estimate of drug-likeness (QED) is 0.0144. The Balaban J connectivity index is 0.000000242. The Kier molecular flexibility index (Phi) is 43.0. The van der Waals surface area contributed by atoms with Crippen molar-refractivity contribution in [2.24, 2.45) is 5.92 Å². The lowest BCUT2D eigenvalue weighted by Gasteiger charge is -2.15. The van der Waals surface area contributed by atoms with Crippen LogP contribution in [0.5, 0.6) is 0 Å². The van der Waals surface area contributed by atoms with Gasteiger partial charge in [-0.1, -0.05) is 158 Å². The molecule has 12 rings (SSSR count). The number of hydrogen-bond donors (Lipinski definition) is 2. The zero-order valence-corrected chi connectivity index (χ0v) is 72.9. The number of nitrogens with one attached hydrogen (secondary N) is 1. The Bertz CT molecular complexity index is 5270. The van der Waals surface area contributed by atoms with Gasteiger partial charge in [-0.15, -0.1) is 69.0 Å². The number of fused-ring (bicyclic) bond motifs is 2. The van der Waals surface area contributed by atoms with Crippen LogP contribution in [0.2, 0.25) is 30.1 Å². The van der Waals surface area contributed by atoms with Crippen LogP contribution in [0.3, 0.4) is 0 Å². The summed E-state index contributed by atoms with van der Waals surface area (Å²) in [5.41, 5.74) is 12.5. The molecule has 0 amide bonds. The number of esters is 6. The van der Waals surface area contributed by atoms with Crippen molar-refractivity contribution in [3.05, 3.63) is 253 Å². The van der Waals surface area contributed by atoms with Crippen LogP contribution in [0.4, 0.5) is 5.69 Å². The molecule has 0 bridgehead atoms. The maximum atomic E-state index is 12.7. The van der Waals surface area contributed by atoms with Crippen LogP contribution in [0.15, 0.2) is 190 Å². The van der Waals surface area contributed by atoms with Gasteiger partial charge in [-0.3, -0.25) is 52.5 Å². The van der Waals surface area contributed by atoms with Gasteiger partial charge in [0, 0.05) is 61.6 Å². The average Bonchev–Trinajstić information content (AvgIpc) is 1.62. The number of carbonyl (C=O) groups is 10. The molecule has 11 aromatic rings. The van der Waals surface area contributed by atoms with Gasteiger partial charge in [0.1, 0.15) is 41.6 Å². The number of thioether (sulfide) groups is 1. The molecule has 610 valence electrons. The highest BCUT2D eigenvalue weighted by atomic mass is 79.9. The normalized spacial score (nSPS) is 12.2. The molecule has 0 aliphatic carbocycles. The van der Waals surface area contributed by atoms with Gasteiger partial charge in [0.2, 0.25) is 0 Å². The fraction of sp³-hybridized carbons (Fsp3) is 0.200. The molecule has 1 aliphatic heterocycles. The van der Waals surface area contributed by atoms with E-state index in [2.05, 4.69) is 49.8 Å². The van der Waals surface area contributed by atoms with Gasteiger partial charge < -0.3 is 39.1 Å². The van der Waals surface area contributed by atoms with Crippen LogP contribution in [-0.2, 0) is 73.3 Å². The molecule has 36 heteroatoms. The van der Waals surface area contributed by atoms with Crippen LogP contribution >= 0.6 is 155 Å². The number of Topliss-reactive ketones (excluding diaryl/α,β-unsaturated/α-hetero) is 3. The summed E-state index contributed by atoms with van der Waals surface area (Å²) in [5, 5.41) is 10.5. The van der Waals surface area contributed by atoms with Crippen molar-refractivity contribution >= 4 is 248 Å². The van der Waals surface area contributed by atoms with Gasteiger partial charge >= 0.3 is 35.8 Å². The number of nitrogens with zero attached hydrogens (tertiary/aromatic N) is 3. The molecule has 0 saturated carbocycles.